The largest absolute Gasteiger partial charge is 0.279 e. The van der Waals surface area contributed by atoms with Gasteiger partial charge in [0.05, 0.1) is 12.2 Å². The van der Waals surface area contributed by atoms with Crippen LogP contribution in [0.25, 0.3) is 0 Å². The predicted octanol–water partition coefficient (Wildman–Crippen LogP) is 5.40. The Morgan fingerprint density at radius 1 is 1.09 bits per heavy atom. The minimum Gasteiger partial charge on any atom is -0.274 e. The second-order valence-corrected chi connectivity index (χ2v) is 10.7. The van der Waals surface area contributed by atoms with E-state index in [1.807, 2.05) is 32.9 Å². The van der Waals surface area contributed by atoms with E-state index >= 15 is 0 Å². The van der Waals surface area contributed by atoms with Crippen molar-refractivity contribution in [2.24, 2.45) is 13.0 Å². The van der Waals surface area contributed by atoms with Crippen molar-refractivity contribution in [3.8, 4) is 0 Å². The quantitative estimate of drug-likeness (QED) is 0.489. The smallest absolute Gasteiger partial charge is 0.274 e. The lowest BCUT2D eigenvalue weighted by atomic mass is 9.92. The first kappa shape index (κ1) is 24.7. The Hall–Kier alpha value is -2.93. The molecule has 0 unspecified atom stereocenters. The number of carbonyl (C=O) groups excluding carboxylic acids is 2. The molecule has 0 saturated heterocycles. The van der Waals surface area contributed by atoms with Gasteiger partial charge in [-0.1, -0.05) is 70.1 Å². The summed E-state index contributed by atoms with van der Waals surface area (Å²) >= 11 is 1.58. The molecule has 0 aliphatic rings. The van der Waals surface area contributed by atoms with Crippen molar-refractivity contribution in [1.29, 1.82) is 0 Å². The highest BCUT2D eigenvalue weighted by Crippen LogP contribution is 2.27. The van der Waals surface area contributed by atoms with E-state index < -0.39 is 0 Å². The highest BCUT2D eigenvalue weighted by atomic mass is 32.2. The van der Waals surface area contributed by atoms with E-state index in [-0.39, 0.29) is 29.7 Å². The monoisotopic (exact) mass is 464 g/mol. The fourth-order valence-electron chi connectivity index (χ4n) is 3.21. The summed E-state index contributed by atoms with van der Waals surface area (Å²) in [7, 11) is 1.74. The number of benzene rings is 1. The lowest BCUT2D eigenvalue weighted by Gasteiger charge is -2.23. The van der Waals surface area contributed by atoms with Gasteiger partial charge in [-0.3, -0.25) is 19.2 Å². The molecular weight excluding hydrogens is 432 g/mol. The summed E-state index contributed by atoms with van der Waals surface area (Å²) in [6.07, 6.45) is 1.73. The predicted molar refractivity (Wildman–Crippen MR) is 131 cm³/mol. The van der Waals surface area contributed by atoms with Crippen LogP contribution in [0.1, 0.15) is 61.9 Å². The second kappa shape index (κ2) is 9.91. The van der Waals surface area contributed by atoms with Gasteiger partial charge in [0.1, 0.15) is 10.7 Å². The summed E-state index contributed by atoms with van der Waals surface area (Å²) < 4.78 is 1.56. The summed E-state index contributed by atoms with van der Waals surface area (Å²) in [5.41, 5.74) is 3.02. The molecule has 0 saturated carbocycles. The van der Waals surface area contributed by atoms with Crippen LogP contribution in [0.15, 0.2) is 58.6 Å². The summed E-state index contributed by atoms with van der Waals surface area (Å²) in [5, 5.41) is 5.35. The van der Waals surface area contributed by atoms with E-state index in [9.17, 15) is 9.59 Å². The molecule has 0 aliphatic carbocycles. The molecule has 33 heavy (non-hydrogen) atoms. The van der Waals surface area contributed by atoms with Gasteiger partial charge in [-0.2, -0.15) is 5.10 Å². The van der Waals surface area contributed by atoms with Gasteiger partial charge in [-0.25, -0.2) is 4.98 Å². The van der Waals surface area contributed by atoms with Crippen LogP contribution in [0.5, 0.6) is 0 Å². The molecule has 3 rings (SSSR count). The third kappa shape index (κ3) is 6.11. The molecule has 6 nitrogen and oxygen atoms in total. The zero-order chi connectivity index (χ0) is 24.3. The molecule has 174 valence electrons. The van der Waals surface area contributed by atoms with E-state index in [0.29, 0.717) is 5.69 Å². The van der Waals surface area contributed by atoms with E-state index in [4.69, 9.17) is 0 Å². The Bertz CT molecular complexity index is 1130. The number of pyridine rings is 1. The molecule has 2 aromatic heterocycles. The standard InChI is InChI=1S/C26H32N4O2S/c1-17(2)24(31)30(25(32)21-14-22(26(4,5)6)28-29(21)7)16-19-10-13-23(27-15-19)33-20-11-8-18(3)9-12-20/h8-15,17H,16H2,1-7H3. The normalized spacial score (nSPS) is 11.6. The van der Waals surface area contributed by atoms with Crippen molar-refractivity contribution in [3.63, 3.8) is 0 Å². The molecule has 0 fully saturated rings. The van der Waals surface area contributed by atoms with Gasteiger partial charge in [0.25, 0.3) is 5.91 Å². The average Bonchev–Trinajstić information content (AvgIpc) is 3.16. The minimum absolute atomic E-state index is 0.161. The van der Waals surface area contributed by atoms with Gasteiger partial charge in [-0.05, 0) is 36.8 Å². The number of aromatic nitrogens is 3. The van der Waals surface area contributed by atoms with Crippen molar-refractivity contribution in [1.82, 2.24) is 19.7 Å². The molecule has 2 heterocycles. The summed E-state index contributed by atoms with van der Waals surface area (Å²) in [6, 6.07) is 13.9. The van der Waals surface area contributed by atoms with Crippen molar-refractivity contribution >= 4 is 23.6 Å². The zero-order valence-electron chi connectivity index (χ0n) is 20.4. The lowest BCUT2D eigenvalue weighted by molar-refractivity contribution is -0.132. The lowest BCUT2D eigenvalue weighted by Crippen LogP contribution is -2.39. The molecule has 2 amide bonds. The van der Waals surface area contributed by atoms with Gasteiger partial charge < -0.3 is 0 Å². The number of amides is 2. The molecule has 0 spiro atoms. The number of aryl methyl sites for hydroxylation is 2. The second-order valence-electron chi connectivity index (χ2n) is 9.59. The maximum Gasteiger partial charge on any atom is 0.279 e. The molecule has 3 aromatic rings. The average molecular weight is 465 g/mol. The fourth-order valence-corrected chi connectivity index (χ4v) is 3.96. The van der Waals surface area contributed by atoms with Gasteiger partial charge >= 0.3 is 0 Å². The van der Waals surface area contributed by atoms with Crippen LogP contribution in [-0.4, -0.2) is 31.5 Å². The Morgan fingerprint density at radius 2 is 1.76 bits per heavy atom. The molecule has 0 aliphatic heterocycles. The third-order valence-electron chi connectivity index (χ3n) is 5.25. The van der Waals surface area contributed by atoms with Crippen LogP contribution in [0, 0.1) is 12.8 Å². The van der Waals surface area contributed by atoms with E-state index in [1.165, 1.54) is 10.5 Å². The Balaban J connectivity index is 1.82. The third-order valence-corrected chi connectivity index (χ3v) is 6.21. The highest BCUT2D eigenvalue weighted by molar-refractivity contribution is 7.99. The first-order chi connectivity index (χ1) is 15.5. The van der Waals surface area contributed by atoms with Crippen LogP contribution in [0.4, 0.5) is 0 Å². The number of carbonyl (C=O) groups is 2. The van der Waals surface area contributed by atoms with Gasteiger partial charge in [0.2, 0.25) is 5.91 Å². The fraction of sp³-hybridized carbons (Fsp3) is 0.385. The number of hydrogen-bond donors (Lipinski definition) is 0. The number of rotatable bonds is 6. The summed E-state index contributed by atoms with van der Waals surface area (Å²) in [4.78, 5) is 33.3. The Kier molecular flexibility index (Phi) is 7.42. The van der Waals surface area contributed by atoms with Gasteiger partial charge in [-0.15, -0.1) is 0 Å². The number of nitrogens with zero attached hydrogens (tertiary/aromatic N) is 4. The van der Waals surface area contributed by atoms with E-state index in [0.717, 1.165) is 21.2 Å². The van der Waals surface area contributed by atoms with E-state index in [2.05, 4.69) is 41.3 Å². The zero-order valence-corrected chi connectivity index (χ0v) is 21.2. The van der Waals surface area contributed by atoms with Crippen LogP contribution < -0.4 is 0 Å². The Morgan fingerprint density at radius 3 is 2.27 bits per heavy atom. The van der Waals surface area contributed by atoms with Crippen LogP contribution in [-0.2, 0) is 23.8 Å². The number of hydrogen-bond acceptors (Lipinski definition) is 5. The van der Waals surface area contributed by atoms with Gasteiger partial charge in [0, 0.05) is 29.5 Å². The Labute approximate surface area is 200 Å². The van der Waals surface area contributed by atoms with E-state index in [1.54, 1.807) is 49.6 Å². The first-order valence-electron chi connectivity index (χ1n) is 11.1. The molecule has 7 heteroatoms. The molecule has 1 aromatic carbocycles. The molecule has 0 N–H and O–H groups in total. The highest BCUT2D eigenvalue weighted by Gasteiger charge is 2.29. The van der Waals surface area contributed by atoms with Crippen molar-refractivity contribution in [2.45, 2.75) is 63.4 Å². The summed E-state index contributed by atoms with van der Waals surface area (Å²) in [6.45, 7) is 11.9. The molecular formula is C26H32N4O2S. The minimum atomic E-state index is -0.350. The van der Waals surface area contributed by atoms with Crippen molar-refractivity contribution in [2.75, 3.05) is 0 Å². The maximum absolute atomic E-state index is 13.4. The SMILES string of the molecule is Cc1ccc(Sc2ccc(CN(C(=O)c3cc(C(C)(C)C)nn3C)C(=O)C(C)C)cn2)cc1. The summed E-state index contributed by atoms with van der Waals surface area (Å²) in [5.74, 6) is -0.887. The number of imide groups is 1. The molecule has 0 radical (unpaired) electrons. The molecule has 0 bridgehead atoms. The molecule has 0 atom stereocenters. The van der Waals surface area contributed by atoms with Crippen LogP contribution in [0.3, 0.4) is 0 Å². The van der Waals surface area contributed by atoms with Crippen LogP contribution in [0.2, 0.25) is 0 Å². The van der Waals surface area contributed by atoms with Crippen molar-refractivity contribution in [3.05, 3.63) is 71.2 Å². The maximum atomic E-state index is 13.4. The van der Waals surface area contributed by atoms with Crippen molar-refractivity contribution < 1.29 is 9.59 Å². The first-order valence-corrected chi connectivity index (χ1v) is 11.9. The van der Waals surface area contributed by atoms with Gasteiger partial charge in [0.15, 0.2) is 0 Å². The topological polar surface area (TPSA) is 68.1 Å². The van der Waals surface area contributed by atoms with Crippen LogP contribution >= 0.6 is 11.8 Å².